The quantitative estimate of drug-likeness (QED) is 0.767. The number of hydrogen-bond acceptors (Lipinski definition) is 3. The average molecular weight is 253 g/mol. The molecule has 2 atom stereocenters. The van der Waals surface area contributed by atoms with Crippen LogP contribution in [0.25, 0.3) is 0 Å². The minimum atomic E-state index is 0.192. The summed E-state index contributed by atoms with van der Waals surface area (Å²) in [5.74, 6) is 0.942. The van der Waals surface area contributed by atoms with Crippen molar-refractivity contribution in [3.63, 3.8) is 0 Å². The van der Waals surface area contributed by atoms with E-state index in [1.54, 1.807) is 0 Å². The largest absolute Gasteiger partial charge is 0.355 e. The van der Waals surface area contributed by atoms with Crippen molar-refractivity contribution in [1.82, 2.24) is 15.5 Å². The predicted molar refractivity (Wildman–Crippen MR) is 73.5 cm³/mol. The first-order valence-corrected chi connectivity index (χ1v) is 7.52. The van der Waals surface area contributed by atoms with Crippen molar-refractivity contribution in [2.75, 3.05) is 32.7 Å². The number of nitrogens with zero attached hydrogens (tertiary/aromatic N) is 1. The number of nitrogens with one attached hydrogen (secondary N) is 2. The van der Waals surface area contributed by atoms with Crippen LogP contribution in [-0.2, 0) is 4.79 Å². The number of amides is 1. The summed E-state index contributed by atoms with van der Waals surface area (Å²) < 4.78 is 0. The van der Waals surface area contributed by atoms with E-state index in [0.29, 0.717) is 12.6 Å². The van der Waals surface area contributed by atoms with Crippen LogP contribution in [0.3, 0.4) is 0 Å². The van der Waals surface area contributed by atoms with Crippen molar-refractivity contribution in [3.05, 3.63) is 0 Å². The molecule has 4 heteroatoms. The molecule has 2 saturated heterocycles. The molecule has 2 aliphatic rings. The lowest BCUT2D eigenvalue weighted by atomic mass is 9.90. The van der Waals surface area contributed by atoms with Gasteiger partial charge in [0.1, 0.15) is 0 Å². The highest BCUT2D eigenvalue weighted by Gasteiger charge is 2.29. The summed E-state index contributed by atoms with van der Waals surface area (Å²) in [6, 6.07) is 0.700. The van der Waals surface area contributed by atoms with Gasteiger partial charge in [-0.1, -0.05) is 6.92 Å². The molecule has 4 nitrogen and oxygen atoms in total. The Bertz CT molecular complexity index is 264. The molecule has 0 aliphatic carbocycles. The number of hydrogen-bond donors (Lipinski definition) is 2. The van der Waals surface area contributed by atoms with E-state index in [9.17, 15) is 4.79 Å². The molecule has 0 spiro atoms. The Morgan fingerprint density at radius 1 is 1.39 bits per heavy atom. The van der Waals surface area contributed by atoms with Gasteiger partial charge in [-0.15, -0.1) is 0 Å². The molecule has 2 unspecified atom stereocenters. The predicted octanol–water partition coefficient (Wildman–Crippen LogP) is 0.977. The highest BCUT2D eigenvalue weighted by atomic mass is 16.2. The minimum absolute atomic E-state index is 0.192. The topological polar surface area (TPSA) is 44.4 Å². The van der Waals surface area contributed by atoms with Crippen LogP contribution in [0.2, 0.25) is 0 Å². The second-order valence-corrected chi connectivity index (χ2v) is 5.69. The van der Waals surface area contributed by atoms with E-state index in [0.717, 1.165) is 32.0 Å². The number of likely N-dealkylation sites (tertiary alicyclic amines) is 1. The smallest absolute Gasteiger partial charge is 0.234 e. The molecule has 0 aromatic heterocycles. The maximum Gasteiger partial charge on any atom is 0.234 e. The van der Waals surface area contributed by atoms with E-state index < -0.39 is 0 Å². The van der Waals surface area contributed by atoms with E-state index in [4.69, 9.17) is 0 Å². The number of carbonyl (C=O) groups is 1. The molecule has 2 N–H and O–H groups in total. The summed E-state index contributed by atoms with van der Waals surface area (Å²) >= 11 is 0. The molecule has 18 heavy (non-hydrogen) atoms. The van der Waals surface area contributed by atoms with Gasteiger partial charge < -0.3 is 10.6 Å². The molecule has 2 fully saturated rings. The molecule has 0 aromatic carbocycles. The standard InChI is InChI=1S/C14H27N3O/c1-2-7-16-14(18)11-17-9-4-5-12(10-17)13-6-3-8-15-13/h12-13,15H,2-11H2,1H3,(H,16,18). The van der Waals surface area contributed by atoms with Crippen LogP contribution in [0, 0.1) is 5.92 Å². The summed E-state index contributed by atoms with van der Waals surface area (Å²) in [5.41, 5.74) is 0. The molecule has 1 amide bonds. The van der Waals surface area contributed by atoms with Gasteiger partial charge in [0.15, 0.2) is 0 Å². The van der Waals surface area contributed by atoms with Gasteiger partial charge in [-0.2, -0.15) is 0 Å². The lowest BCUT2D eigenvalue weighted by Crippen LogP contribution is -2.47. The van der Waals surface area contributed by atoms with E-state index in [1.807, 2.05) is 0 Å². The van der Waals surface area contributed by atoms with E-state index in [1.165, 1.54) is 32.2 Å². The minimum Gasteiger partial charge on any atom is -0.355 e. The molecule has 0 radical (unpaired) electrons. The monoisotopic (exact) mass is 253 g/mol. The van der Waals surface area contributed by atoms with Gasteiger partial charge in [-0.25, -0.2) is 0 Å². The zero-order chi connectivity index (χ0) is 12.8. The highest BCUT2D eigenvalue weighted by molar-refractivity contribution is 5.77. The molecule has 2 heterocycles. The summed E-state index contributed by atoms with van der Waals surface area (Å²) in [6.45, 7) is 6.84. The summed E-state index contributed by atoms with van der Waals surface area (Å²) in [4.78, 5) is 14.1. The maximum absolute atomic E-state index is 11.7. The average Bonchev–Trinajstić information content (AvgIpc) is 2.90. The third kappa shape index (κ3) is 3.95. The lowest BCUT2D eigenvalue weighted by Gasteiger charge is -2.35. The lowest BCUT2D eigenvalue weighted by molar-refractivity contribution is -0.122. The van der Waals surface area contributed by atoms with Crippen LogP contribution < -0.4 is 10.6 Å². The fourth-order valence-electron chi connectivity index (χ4n) is 3.20. The summed E-state index contributed by atoms with van der Waals surface area (Å²) in [7, 11) is 0. The Balaban J connectivity index is 1.74. The molecule has 104 valence electrons. The Kier molecular flexibility index (Phi) is 5.45. The molecule has 0 aromatic rings. The van der Waals surface area contributed by atoms with Crippen LogP contribution in [0.5, 0.6) is 0 Å². The second kappa shape index (κ2) is 7.10. The van der Waals surface area contributed by atoms with Gasteiger partial charge in [0.05, 0.1) is 6.54 Å². The van der Waals surface area contributed by atoms with Crippen molar-refractivity contribution in [3.8, 4) is 0 Å². The Morgan fingerprint density at radius 2 is 2.28 bits per heavy atom. The van der Waals surface area contributed by atoms with Gasteiger partial charge in [0.25, 0.3) is 0 Å². The van der Waals surface area contributed by atoms with E-state index in [-0.39, 0.29) is 5.91 Å². The van der Waals surface area contributed by atoms with Gasteiger partial charge in [-0.05, 0) is 51.1 Å². The van der Waals surface area contributed by atoms with Crippen molar-refractivity contribution in [2.24, 2.45) is 5.92 Å². The highest BCUT2D eigenvalue weighted by Crippen LogP contribution is 2.24. The SMILES string of the molecule is CCCNC(=O)CN1CCCC(C2CCCN2)C1. The first-order valence-electron chi connectivity index (χ1n) is 7.52. The first kappa shape index (κ1) is 13.8. The van der Waals surface area contributed by atoms with Gasteiger partial charge >= 0.3 is 0 Å². The Morgan fingerprint density at radius 3 is 3.00 bits per heavy atom. The Labute approximate surface area is 110 Å². The van der Waals surface area contributed by atoms with Crippen LogP contribution in [0.15, 0.2) is 0 Å². The summed E-state index contributed by atoms with van der Waals surface area (Å²) in [6.07, 6.45) is 6.22. The third-order valence-electron chi connectivity index (χ3n) is 4.15. The third-order valence-corrected chi connectivity index (χ3v) is 4.15. The fraction of sp³-hybridized carbons (Fsp3) is 0.929. The van der Waals surface area contributed by atoms with Gasteiger partial charge in [-0.3, -0.25) is 9.69 Å². The van der Waals surface area contributed by atoms with Crippen LogP contribution in [-0.4, -0.2) is 49.6 Å². The zero-order valence-electron chi connectivity index (χ0n) is 11.6. The molecular weight excluding hydrogens is 226 g/mol. The molecule has 2 aliphatic heterocycles. The van der Waals surface area contributed by atoms with Gasteiger partial charge in [0.2, 0.25) is 5.91 Å². The number of rotatable bonds is 5. The van der Waals surface area contributed by atoms with Crippen LogP contribution >= 0.6 is 0 Å². The molecular formula is C14H27N3O. The second-order valence-electron chi connectivity index (χ2n) is 5.69. The Hall–Kier alpha value is -0.610. The fourth-order valence-corrected chi connectivity index (χ4v) is 3.20. The van der Waals surface area contributed by atoms with E-state index in [2.05, 4.69) is 22.5 Å². The first-order chi connectivity index (χ1) is 8.79. The molecule has 2 rings (SSSR count). The summed E-state index contributed by atoms with van der Waals surface area (Å²) in [5, 5.41) is 6.58. The maximum atomic E-state index is 11.7. The zero-order valence-corrected chi connectivity index (χ0v) is 11.6. The number of carbonyl (C=O) groups excluding carboxylic acids is 1. The van der Waals surface area contributed by atoms with Gasteiger partial charge in [0, 0.05) is 19.1 Å². The molecule has 0 bridgehead atoms. The van der Waals surface area contributed by atoms with Crippen molar-refractivity contribution in [2.45, 2.75) is 45.1 Å². The number of piperidine rings is 1. The normalized spacial score (nSPS) is 29.4. The van der Waals surface area contributed by atoms with Crippen LogP contribution in [0.1, 0.15) is 39.0 Å². The van der Waals surface area contributed by atoms with Crippen molar-refractivity contribution in [1.29, 1.82) is 0 Å². The van der Waals surface area contributed by atoms with E-state index >= 15 is 0 Å². The van der Waals surface area contributed by atoms with Crippen molar-refractivity contribution < 1.29 is 4.79 Å². The van der Waals surface area contributed by atoms with Crippen LogP contribution in [0.4, 0.5) is 0 Å². The molecule has 0 saturated carbocycles. The van der Waals surface area contributed by atoms with Crippen molar-refractivity contribution >= 4 is 5.91 Å².